The van der Waals surface area contributed by atoms with Crippen LogP contribution < -0.4 is 5.73 Å². The van der Waals surface area contributed by atoms with E-state index in [1.807, 2.05) is 0 Å². The van der Waals surface area contributed by atoms with Crippen LogP contribution in [0.15, 0.2) is 6.07 Å². The summed E-state index contributed by atoms with van der Waals surface area (Å²) in [4.78, 5) is 3.47. The molecule has 14 heavy (non-hydrogen) atoms. The van der Waals surface area contributed by atoms with Gasteiger partial charge in [0.15, 0.2) is 0 Å². The van der Waals surface area contributed by atoms with Crippen LogP contribution in [0.25, 0.3) is 0 Å². The maximum absolute atomic E-state index is 12.4. The summed E-state index contributed by atoms with van der Waals surface area (Å²) in [5, 5.41) is -0.619. The van der Waals surface area contributed by atoms with Crippen molar-refractivity contribution in [3.8, 4) is 0 Å². The van der Waals surface area contributed by atoms with Gasteiger partial charge in [0, 0.05) is 12.1 Å². The minimum atomic E-state index is -4.52. The highest BCUT2D eigenvalue weighted by Crippen LogP contribution is 2.35. The Kier molecular flexibility index (Phi) is 3.24. The Hall–Kier alpha value is -0.520. The first kappa shape index (κ1) is 11.6. The van der Waals surface area contributed by atoms with Crippen LogP contribution in [0, 0.1) is 0 Å². The van der Waals surface area contributed by atoms with Crippen molar-refractivity contribution in [1.29, 1.82) is 0 Å². The highest BCUT2D eigenvalue weighted by atomic mass is 35.5. The van der Waals surface area contributed by atoms with E-state index in [1.54, 1.807) is 0 Å². The number of halogens is 5. The highest BCUT2D eigenvalue weighted by Gasteiger charge is 2.34. The Bertz CT molecular complexity index is 352. The van der Waals surface area contributed by atoms with Gasteiger partial charge >= 0.3 is 6.18 Å². The molecule has 0 unspecified atom stereocenters. The van der Waals surface area contributed by atoms with Crippen molar-refractivity contribution < 1.29 is 13.2 Å². The van der Waals surface area contributed by atoms with Gasteiger partial charge in [0.1, 0.15) is 10.3 Å². The van der Waals surface area contributed by atoms with Crippen molar-refractivity contribution in [1.82, 2.24) is 4.98 Å². The number of alkyl halides is 3. The topological polar surface area (TPSA) is 38.9 Å². The molecular formula is C7H5Cl2F3N2. The lowest BCUT2D eigenvalue weighted by atomic mass is 10.1. The van der Waals surface area contributed by atoms with E-state index in [0.717, 1.165) is 0 Å². The summed E-state index contributed by atoms with van der Waals surface area (Å²) in [6, 6.07) is 0.704. The maximum Gasteiger partial charge on any atom is 0.416 e. The van der Waals surface area contributed by atoms with Crippen molar-refractivity contribution >= 4 is 23.2 Å². The van der Waals surface area contributed by atoms with Gasteiger partial charge < -0.3 is 5.73 Å². The summed E-state index contributed by atoms with van der Waals surface area (Å²) in [6.07, 6.45) is -4.52. The second kappa shape index (κ2) is 3.92. The first-order valence-corrected chi connectivity index (χ1v) is 4.24. The number of hydrogen-bond acceptors (Lipinski definition) is 2. The molecule has 0 radical (unpaired) electrons. The molecule has 78 valence electrons. The van der Waals surface area contributed by atoms with Crippen LogP contribution >= 0.6 is 23.2 Å². The van der Waals surface area contributed by atoms with E-state index in [4.69, 9.17) is 28.9 Å². The van der Waals surface area contributed by atoms with Crippen LogP contribution in [0.2, 0.25) is 10.3 Å². The van der Waals surface area contributed by atoms with E-state index in [-0.39, 0.29) is 22.4 Å². The first-order valence-electron chi connectivity index (χ1n) is 3.48. The molecule has 0 aliphatic carbocycles. The van der Waals surface area contributed by atoms with Gasteiger partial charge in [0.25, 0.3) is 0 Å². The average Bonchev–Trinajstić information content (AvgIpc) is 2.01. The molecule has 1 heterocycles. The molecule has 0 saturated carbocycles. The summed E-state index contributed by atoms with van der Waals surface area (Å²) in [6.45, 7) is -0.335. The average molecular weight is 245 g/mol. The Morgan fingerprint density at radius 3 is 2.36 bits per heavy atom. The van der Waals surface area contributed by atoms with Crippen molar-refractivity contribution in [3.63, 3.8) is 0 Å². The number of aromatic nitrogens is 1. The molecule has 2 N–H and O–H groups in total. The van der Waals surface area contributed by atoms with Gasteiger partial charge in [0.2, 0.25) is 0 Å². The molecule has 0 aliphatic heterocycles. The summed E-state index contributed by atoms with van der Waals surface area (Å²) >= 11 is 10.8. The fourth-order valence-electron chi connectivity index (χ4n) is 0.958. The zero-order chi connectivity index (χ0) is 10.9. The van der Waals surface area contributed by atoms with Gasteiger partial charge in [-0.15, -0.1) is 0 Å². The molecule has 1 aromatic heterocycles. The predicted octanol–water partition coefficient (Wildman–Crippen LogP) is 2.87. The van der Waals surface area contributed by atoms with Crippen LogP contribution in [-0.4, -0.2) is 4.98 Å². The first-order chi connectivity index (χ1) is 6.36. The zero-order valence-corrected chi connectivity index (χ0v) is 8.21. The lowest BCUT2D eigenvalue weighted by Gasteiger charge is -2.12. The van der Waals surface area contributed by atoms with E-state index in [9.17, 15) is 13.2 Å². The van der Waals surface area contributed by atoms with E-state index >= 15 is 0 Å². The van der Waals surface area contributed by atoms with Crippen LogP contribution in [0.3, 0.4) is 0 Å². The largest absolute Gasteiger partial charge is 0.416 e. The molecule has 0 aromatic carbocycles. The molecule has 0 spiro atoms. The number of nitrogens with two attached hydrogens (primary N) is 1. The summed E-state index contributed by atoms with van der Waals surface area (Å²) in [7, 11) is 0. The number of pyridine rings is 1. The number of rotatable bonds is 1. The standard InChI is InChI=1S/C7H5Cl2F3N2/c8-5-1-4(7(10,11)12)3(2-13)6(9)14-5/h1H,2,13H2. The smallest absolute Gasteiger partial charge is 0.326 e. The van der Waals surface area contributed by atoms with Crippen LogP contribution in [0.1, 0.15) is 11.1 Å². The minimum absolute atomic E-state index is 0.247. The number of nitrogens with zero attached hydrogens (tertiary/aromatic N) is 1. The third kappa shape index (κ3) is 2.29. The molecule has 7 heteroatoms. The van der Waals surface area contributed by atoms with Gasteiger partial charge in [-0.1, -0.05) is 23.2 Å². The Balaban J connectivity index is 3.40. The van der Waals surface area contributed by atoms with Gasteiger partial charge in [-0.05, 0) is 6.07 Å². The summed E-state index contributed by atoms with van der Waals surface area (Å²) in [5.74, 6) is 0. The Morgan fingerprint density at radius 2 is 1.93 bits per heavy atom. The zero-order valence-electron chi connectivity index (χ0n) is 6.70. The van der Waals surface area contributed by atoms with E-state index in [0.29, 0.717) is 6.07 Å². The predicted molar refractivity (Wildman–Crippen MR) is 47.2 cm³/mol. The normalized spacial score (nSPS) is 11.9. The summed E-state index contributed by atoms with van der Waals surface area (Å²) < 4.78 is 37.2. The Morgan fingerprint density at radius 1 is 1.36 bits per heavy atom. The second-order valence-electron chi connectivity index (χ2n) is 2.46. The fourth-order valence-corrected chi connectivity index (χ4v) is 1.46. The molecule has 0 fully saturated rings. The SMILES string of the molecule is NCc1c(C(F)(F)F)cc(Cl)nc1Cl. The van der Waals surface area contributed by atoms with E-state index < -0.39 is 11.7 Å². The van der Waals surface area contributed by atoms with Gasteiger partial charge in [-0.2, -0.15) is 13.2 Å². The Labute approximate surface area is 87.8 Å². The van der Waals surface area contributed by atoms with Crippen LogP contribution in [0.5, 0.6) is 0 Å². The third-order valence-corrected chi connectivity index (χ3v) is 2.06. The van der Waals surface area contributed by atoms with Crippen molar-refractivity contribution in [2.45, 2.75) is 12.7 Å². The van der Waals surface area contributed by atoms with Crippen LogP contribution in [-0.2, 0) is 12.7 Å². The molecular weight excluding hydrogens is 240 g/mol. The van der Waals surface area contributed by atoms with E-state index in [2.05, 4.69) is 4.98 Å². The second-order valence-corrected chi connectivity index (χ2v) is 3.21. The molecule has 1 aromatic rings. The van der Waals surface area contributed by atoms with Crippen molar-refractivity contribution in [2.24, 2.45) is 5.73 Å². The molecule has 2 nitrogen and oxygen atoms in total. The molecule has 0 aliphatic rings. The van der Waals surface area contributed by atoms with Crippen molar-refractivity contribution in [2.75, 3.05) is 0 Å². The fraction of sp³-hybridized carbons (Fsp3) is 0.286. The molecule has 0 atom stereocenters. The van der Waals surface area contributed by atoms with Gasteiger partial charge in [-0.3, -0.25) is 0 Å². The lowest BCUT2D eigenvalue weighted by molar-refractivity contribution is -0.138. The van der Waals surface area contributed by atoms with Crippen molar-refractivity contribution in [3.05, 3.63) is 27.5 Å². The molecule has 0 bridgehead atoms. The lowest BCUT2D eigenvalue weighted by Crippen LogP contribution is -2.13. The molecule has 0 amide bonds. The quantitative estimate of drug-likeness (QED) is 0.772. The number of hydrogen-bond donors (Lipinski definition) is 1. The van der Waals surface area contributed by atoms with Crippen LogP contribution in [0.4, 0.5) is 13.2 Å². The molecule has 0 saturated heterocycles. The molecule has 1 rings (SSSR count). The third-order valence-electron chi connectivity index (χ3n) is 1.55. The summed E-state index contributed by atoms with van der Waals surface area (Å²) in [5.41, 5.74) is 3.94. The monoisotopic (exact) mass is 244 g/mol. The van der Waals surface area contributed by atoms with E-state index in [1.165, 1.54) is 0 Å². The maximum atomic E-state index is 12.4. The van der Waals surface area contributed by atoms with Gasteiger partial charge in [-0.25, -0.2) is 4.98 Å². The van der Waals surface area contributed by atoms with Gasteiger partial charge in [0.05, 0.1) is 5.56 Å². The highest BCUT2D eigenvalue weighted by molar-refractivity contribution is 6.33. The minimum Gasteiger partial charge on any atom is -0.326 e.